The fraction of sp³-hybridized carbons (Fsp3) is 0.125. The van der Waals surface area contributed by atoms with Crippen LogP contribution in [0.3, 0.4) is 0 Å². The highest BCUT2D eigenvalue weighted by molar-refractivity contribution is 5.77. The average Bonchev–Trinajstić information content (AvgIpc) is 2.52. The quantitative estimate of drug-likeness (QED) is 0.902. The largest absolute Gasteiger partial charge is 0.484 e. The molecule has 0 aliphatic heterocycles. The lowest BCUT2D eigenvalue weighted by Crippen LogP contribution is -2.28. The topological polar surface area (TPSA) is 62.1 Å². The summed E-state index contributed by atoms with van der Waals surface area (Å²) in [5, 5.41) is 11.5. The summed E-state index contributed by atoms with van der Waals surface area (Å²) in [6.45, 7) is 0.406. The molecule has 4 nitrogen and oxygen atoms in total. The molecule has 2 aromatic rings. The van der Waals surface area contributed by atoms with Crippen molar-refractivity contribution in [3.63, 3.8) is 0 Å². The predicted molar refractivity (Wildman–Crippen MR) is 74.9 cm³/mol. The smallest absolute Gasteiger partial charge is 0.258 e. The first-order valence-electron chi connectivity index (χ1n) is 6.21. The molecule has 0 aromatic heterocycles. The van der Waals surface area contributed by atoms with Crippen molar-refractivity contribution in [1.29, 1.82) is 5.26 Å². The minimum Gasteiger partial charge on any atom is -0.484 e. The van der Waals surface area contributed by atoms with Gasteiger partial charge in [-0.3, -0.25) is 4.79 Å². The molecular formula is C16H14N2O2. The van der Waals surface area contributed by atoms with Crippen LogP contribution in [0.5, 0.6) is 5.75 Å². The number of amides is 1. The van der Waals surface area contributed by atoms with E-state index in [0.29, 0.717) is 17.9 Å². The summed E-state index contributed by atoms with van der Waals surface area (Å²) < 4.78 is 5.34. The maximum atomic E-state index is 11.6. The highest BCUT2D eigenvalue weighted by atomic mass is 16.5. The average molecular weight is 266 g/mol. The Morgan fingerprint density at radius 1 is 1.15 bits per heavy atom. The first-order chi connectivity index (χ1) is 9.78. The van der Waals surface area contributed by atoms with Crippen LogP contribution in [0.15, 0.2) is 54.6 Å². The zero-order chi connectivity index (χ0) is 14.2. The zero-order valence-electron chi connectivity index (χ0n) is 10.9. The summed E-state index contributed by atoms with van der Waals surface area (Å²) in [5.41, 5.74) is 1.54. The van der Waals surface area contributed by atoms with Crippen LogP contribution in [0.4, 0.5) is 0 Å². The second-order valence-electron chi connectivity index (χ2n) is 4.19. The van der Waals surface area contributed by atoms with Crippen LogP contribution in [-0.2, 0) is 11.3 Å². The van der Waals surface area contributed by atoms with E-state index in [1.165, 1.54) is 0 Å². The third-order valence-corrected chi connectivity index (χ3v) is 2.67. The summed E-state index contributed by atoms with van der Waals surface area (Å²) in [6.07, 6.45) is 0. The molecule has 4 heteroatoms. The van der Waals surface area contributed by atoms with Gasteiger partial charge < -0.3 is 10.1 Å². The van der Waals surface area contributed by atoms with Crippen LogP contribution in [0.2, 0.25) is 0 Å². The fourth-order valence-electron chi connectivity index (χ4n) is 1.65. The van der Waals surface area contributed by atoms with E-state index in [9.17, 15) is 4.79 Å². The first kappa shape index (κ1) is 13.6. The fourth-order valence-corrected chi connectivity index (χ4v) is 1.65. The van der Waals surface area contributed by atoms with Crippen molar-refractivity contribution in [3.8, 4) is 11.8 Å². The molecule has 2 rings (SSSR count). The van der Waals surface area contributed by atoms with Gasteiger partial charge in [0, 0.05) is 6.54 Å². The standard InChI is InChI=1S/C16H14N2O2/c17-10-14-7-4-8-15(9-14)20-12-16(19)18-11-13-5-2-1-3-6-13/h1-9H,11-12H2,(H,18,19). The van der Waals surface area contributed by atoms with E-state index < -0.39 is 0 Å². The molecule has 0 fully saturated rings. The van der Waals surface area contributed by atoms with Gasteiger partial charge in [-0.15, -0.1) is 0 Å². The second kappa shape index (κ2) is 6.95. The molecule has 0 aliphatic rings. The van der Waals surface area contributed by atoms with Gasteiger partial charge in [0.25, 0.3) is 5.91 Å². The molecule has 0 saturated heterocycles. The van der Waals surface area contributed by atoms with Crippen molar-refractivity contribution in [2.24, 2.45) is 0 Å². The minimum atomic E-state index is -0.198. The number of nitriles is 1. The van der Waals surface area contributed by atoms with Gasteiger partial charge in [-0.25, -0.2) is 0 Å². The van der Waals surface area contributed by atoms with Crippen LogP contribution in [0.1, 0.15) is 11.1 Å². The number of benzene rings is 2. The molecule has 0 bridgehead atoms. The molecule has 0 aliphatic carbocycles. The molecule has 2 aromatic carbocycles. The summed E-state index contributed by atoms with van der Waals surface area (Å²) >= 11 is 0. The Morgan fingerprint density at radius 2 is 1.95 bits per heavy atom. The Labute approximate surface area is 117 Å². The maximum Gasteiger partial charge on any atom is 0.258 e. The van der Waals surface area contributed by atoms with Crippen molar-refractivity contribution in [1.82, 2.24) is 5.32 Å². The SMILES string of the molecule is N#Cc1cccc(OCC(=O)NCc2ccccc2)c1. The summed E-state index contributed by atoms with van der Waals surface area (Å²) in [7, 11) is 0. The summed E-state index contributed by atoms with van der Waals surface area (Å²) in [6, 6.07) is 18.4. The Bertz CT molecular complexity index is 618. The van der Waals surface area contributed by atoms with E-state index in [1.807, 2.05) is 36.4 Å². The van der Waals surface area contributed by atoms with Crippen molar-refractivity contribution in [3.05, 3.63) is 65.7 Å². The summed E-state index contributed by atoms with van der Waals surface area (Å²) in [5.74, 6) is 0.315. The van der Waals surface area contributed by atoms with Gasteiger partial charge in [-0.05, 0) is 23.8 Å². The molecule has 20 heavy (non-hydrogen) atoms. The lowest BCUT2D eigenvalue weighted by molar-refractivity contribution is -0.123. The molecule has 0 unspecified atom stereocenters. The molecule has 1 N–H and O–H groups in total. The van der Waals surface area contributed by atoms with E-state index in [4.69, 9.17) is 10.00 Å². The van der Waals surface area contributed by atoms with Crippen LogP contribution in [0.25, 0.3) is 0 Å². The van der Waals surface area contributed by atoms with Crippen molar-refractivity contribution < 1.29 is 9.53 Å². The number of nitrogens with one attached hydrogen (secondary N) is 1. The third kappa shape index (κ3) is 4.14. The lowest BCUT2D eigenvalue weighted by atomic mass is 10.2. The Kier molecular flexibility index (Phi) is 4.74. The van der Waals surface area contributed by atoms with Gasteiger partial charge >= 0.3 is 0 Å². The van der Waals surface area contributed by atoms with Gasteiger partial charge in [-0.1, -0.05) is 36.4 Å². The normalized spacial score (nSPS) is 9.55. The van der Waals surface area contributed by atoms with Crippen LogP contribution >= 0.6 is 0 Å². The monoisotopic (exact) mass is 266 g/mol. The van der Waals surface area contributed by atoms with Crippen molar-refractivity contribution in [2.75, 3.05) is 6.61 Å². The van der Waals surface area contributed by atoms with Crippen LogP contribution in [0, 0.1) is 11.3 Å². The summed E-state index contributed by atoms with van der Waals surface area (Å²) in [4.78, 5) is 11.6. The second-order valence-corrected chi connectivity index (χ2v) is 4.19. The maximum absolute atomic E-state index is 11.6. The van der Waals surface area contributed by atoms with E-state index in [2.05, 4.69) is 5.32 Å². The lowest BCUT2D eigenvalue weighted by Gasteiger charge is -2.07. The number of hydrogen-bond acceptors (Lipinski definition) is 3. The zero-order valence-corrected chi connectivity index (χ0v) is 10.9. The molecular weight excluding hydrogens is 252 g/mol. The third-order valence-electron chi connectivity index (χ3n) is 2.67. The van der Waals surface area contributed by atoms with Gasteiger partial charge in [0.15, 0.2) is 6.61 Å². The Morgan fingerprint density at radius 3 is 2.70 bits per heavy atom. The van der Waals surface area contributed by atoms with E-state index in [0.717, 1.165) is 5.56 Å². The van der Waals surface area contributed by atoms with Crippen LogP contribution in [-0.4, -0.2) is 12.5 Å². The number of hydrogen-bond donors (Lipinski definition) is 1. The molecule has 0 heterocycles. The molecule has 1 amide bonds. The minimum absolute atomic E-state index is 0.0677. The van der Waals surface area contributed by atoms with Gasteiger partial charge in [0.05, 0.1) is 11.6 Å². The number of rotatable bonds is 5. The van der Waals surface area contributed by atoms with Crippen molar-refractivity contribution >= 4 is 5.91 Å². The van der Waals surface area contributed by atoms with Gasteiger partial charge in [0.2, 0.25) is 0 Å². The van der Waals surface area contributed by atoms with Crippen molar-refractivity contribution in [2.45, 2.75) is 6.54 Å². The van der Waals surface area contributed by atoms with E-state index in [-0.39, 0.29) is 12.5 Å². The van der Waals surface area contributed by atoms with Gasteiger partial charge in [0.1, 0.15) is 5.75 Å². The van der Waals surface area contributed by atoms with E-state index >= 15 is 0 Å². The number of nitrogens with zero attached hydrogens (tertiary/aromatic N) is 1. The molecule has 0 spiro atoms. The Hall–Kier alpha value is -2.80. The predicted octanol–water partition coefficient (Wildman–Crippen LogP) is 2.25. The first-order valence-corrected chi connectivity index (χ1v) is 6.21. The Balaban J connectivity index is 1.79. The number of carbonyl (C=O) groups excluding carboxylic acids is 1. The van der Waals surface area contributed by atoms with Gasteiger partial charge in [-0.2, -0.15) is 5.26 Å². The number of ether oxygens (including phenoxy) is 1. The highest BCUT2D eigenvalue weighted by Crippen LogP contribution is 2.12. The number of carbonyl (C=O) groups is 1. The molecule has 0 atom stereocenters. The highest BCUT2D eigenvalue weighted by Gasteiger charge is 2.03. The molecule has 0 saturated carbocycles. The van der Waals surface area contributed by atoms with E-state index in [1.54, 1.807) is 24.3 Å². The van der Waals surface area contributed by atoms with Crippen LogP contribution < -0.4 is 10.1 Å². The molecule has 100 valence electrons. The molecule has 0 radical (unpaired) electrons.